The van der Waals surface area contributed by atoms with Crippen molar-refractivity contribution in [2.24, 2.45) is 0 Å². The van der Waals surface area contributed by atoms with Crippen molar-refractivity contribution in [1.29, 1.82) is 0 Å². The van der Waals surface area contributed by atoms with E-state index in [9.17, 15) is 9.59 Å². The SMILES string of the molecule is CCOC(=O)CC1c2cc(OC)c(OC)cc2CCN1CC(=O)Nc1ccc(OC)cc1. The first-order valence-corrected chi connectivity index (χ1v) is 10.6. The van der Waals surface area contributed by atoms with Crippen LogP contribution in [0.2, 0.25) is 0 Å². The smallest absolute Gasteiger partial charge is 0.307 e. The van der Waals surface area contributed by atoms with Gasteiger partial charge in [-0.25, -0.2) is 0 Å². The molecular weight excluding hydrogens is 412 g/mol. The van der Waals surface area contributed by atoms with Crippen LogP contribution in [0.3, 0.4) is 0 Å². The molecule has 1 aliphatic heterocycles. The molecule has 1 N–H and O–H groups in total. The maximum atomic E-state index is 12.8. The number of hydrogen-bond donors (Lipinski definition) is 1. The molecule has 172 valence electrons. The lowest BCUT2D eigenvalue weighted by Crippen LogP contribution is -2.41. The van der Waals surface area contributed by atoms with Gasteiger partial charge in [-0.1, -0.05) is 0 Å². The summed E-state index contributed by atoms with van der Waals surface area (Å²) in [4.78, 5) is 27.2. The maximum Gasteiger partial charge on any atom is 0.307 e. The molecule has 0 spiro atoms. The Hall–Kier alpha value is -3.26. The first-order valence-electron chi connectivity index (χ1n) is 10.6. The Bertz CT molecular complexity index is 944. The number of hydrogen-bond acceptors (Lipinski definition) is 7. The summed E-state index contributed by atoms with van der Waals surface area (Å²) in [6, 6.07) is 10.7. The van der Waals surface area contributed by atoms with E-state index < -0.39 is 0 Å². The zero-order valence-corrected chi connectivity index (χ0v) is 19.0. The summed E-state index contributed by atoms with van der Waals surface area (Å²) in [5.41, 5.74) is 2.70. The number of esters is 1. The van der Waals surface area contributed by atoms with Gasteiger partial charge in [-0.3, -0.25) is 14.5 Å². The van der Waals surface area contributed by atoms with Crippen LogP contribution in [0.5, 0.6) is 17.2 Å². The molecule has 0 saturated heterocycles. The fraction of sp³-hybridized carbons (Fsp3) is 0.417. The highest BCUT2D eigenvalue weighted by Gasteiger charge is 2.32. The lowest BCUT2D eigenvalue weighted by Gasteiger charge is -2.37. The van der Waals surface area contributed by atoms with Crippen molar-refractivity contribution in [3.63, 3.8) is 0 Å². The molecule has 2 aromatic carbocycles. The number of nitrogens with zero attached hydrogens (tertiary/aromatic N) is 1. The van der Waals surface area contributed by atoms with Crippen molar-refractivity contribution in [1.82, 2.24) is 4.90 Å². The fourth-order valence-corrected chi connectivity index (χ4v) is 3.95. The summed E-state index contributed by atoms with van der Waals surface area (Å²) >= 11 is 0. The number of carbonyl (C=O) groups is 2. The highest BCUT2D eigenvalue weighted by Crippen LogP contribution is 2.39. The Kier molecular flexibility index (Phi) is 7.94. The summed E-state index contributed by atoms with van der Waals surface area (Å²) in [6.45, 7) is 2.86. The van der Waals surface area contributed by atoms with Gasteiger partial charge in [0.05, 0.1) is 40.9 Å². The van der Waals surface area contributed by atoms with Crippen molar-refractivity contribution in [3.05, 3.63) is 47.5 Å². The Labute approximate surface area is 188 Å². The molecule has 1 atom stereocenters. The molecule has 8 heteroatoms. The molecule has 32 heavy (non-hydrogen) atoms. The van der Waals surface area contributed by atoms with E-state index in [2.05, 4.69) is 5.32 Å². The summed E-state index contributed by atoms with van der Waals surface area (Å²) < 4.78 is 21.2. The fourth-order valence-electron chi connectivity index (χ4n) is 3.95. The lowest BCUT2D eigenvalue weighted by atomic mass is 9.90. The third kappa shape index (κ3) is 5.50. The van der Waals surface area contributed by atoms with Gasteiger partial charge < -0.3 is 24.3 Å². The number of carbonyl (C=O) groups excluding carboxylic acids is 2. The van der Waals surface area contributed by atoms with E-state index in [1.54, 1.807) is 52.5 Å². The summed E-state index contributed by atoms with van der Waals surface area (Å²) in [7, 11) is 4.77. The lowest BCUT2D eigenvalue weighted by molar-refractivity contribution is -0.145. The molecule has 0 radical (unpaired) electrons. The van der Waals surface area contributed by atoms with Crippen LogP contribution in [0.15, 0.2) is 36.4 Å². The van der Waals surface area contributed by atoms with Crippen LogP contribution in [0, 0.1) is 0 Å². The standard InChI is InChI=1S/C24H30N2O6/c1-5-32-24(28)14-20-19-13-22(31-4)21(30-3)12-16(19)10-11-26(20)15-23(27)25-17-6-8-18(29-2)9-7-17/h6-9,12-13,20H,5,10-11,14-15H2,1-4H3,(H,25,27). The minimum Gasteiger partial charge on any atom is -0.497 e. The number of ether oxygens (including phenoxy) is 4. The van der Waals surface area contributed by atoms with Gasteiger partial charge in [0.2, 0.25) is 5.91 Å². The number of nitrogens with one attached hydrogen (secondary N) is 1. The van der Waals surface area contributed by atoms with Crippen LogP contribution in [0.25, 0.3) is 0 Å². The summed E-state index contributed by atoms with van der Waals surface area (Å²) in [5, 5.41) is 2.91. The van der Waals surface area contributed by atoms with E-state index in [1.165, 1.54) is 0 Å². The number of anilines is 1. The molecule has 0 fully saturated rings. The summed E-state index contributed by atoms with van der Waals surface area (Å²) in [5.74, 6) is 1.49. The van der Waals surface area contributed by atoms with Crippen molar-refractivity contribution < 1.29 is 28.5 Å². The molecule has 2 aromatic rings. The molecule has 1 unspecified atom stereocenters. The van der Waals surface area contributed by atoms with Crippen molar-refractivity contribution in [3.8, 4) is 17.2 Å². The van der Waals surface area contributed by atoms with Gasteiger partial charge in [0.25, 0.3) is 0 Å². The maximum absolute atomic E-state index is 12.8. The predicted octanol–water partition coefficient (Wildman–Crippen LogP) is 3.20. The van der Waals surface area contributed by atoms with Gasteiger partial charge in [0, 0.05) is 18.3 Å². The Balaban J connectivity index is 1.82. The first-order chi connectivity index (χ1) is 15.5. The monoisotopic (exact) mass is 442 g/mol. The minimum atomic E-state index is -0.306. The van der Waals surface area contributed by atoms with Crippen LogP contribution < -0.4 is 19.5 Å². The van der Waals surface area contributed by atoms with Gasteiger partial charge in [0.15, 0.2) is 11.5 Å². The quantitative estimate of drug-likeness (QED) is 0.597. The van der Waals surface area contributed by atoms with Crippen LogP contribution in [0.1, 0.15) is 30.5 Å². The van der Waals surface area contributed by atoms with E-state index in [4.69, 9.17) is 18.9 Å². The summed E-state index contributed by atoms with van der Waals surface area (Å²) in [6.07, 6.45) is 0.872. The number of methoxy groups -OCH3 is 3. The average molecular weight is 443 g/mol. The van der Waals surface area contributed by atoms with Crippen molar-refractivity contribution in [2.45, 2.75) is 25.8 Å². The Morgan fingerprint density at radius 2 is 1.72 bits per heavy atom. The third-order valence-electron chi connectivity index (χ3n) is 5.50. The number of rotatable bonds is 9. The molecular formula is C24H30N2O6. The number of benzene rings is 2. The second kappa shape index (κ2) is 10.9. The average Bonchev–Trinajstić information content (AvgIpc) is 2.80. The van der Waals surface area contributed by atoms with Crippen LogP contribution in [-0.4, -0.2) is 57.8 Å². The van der Waals surface area contributed by atoms with Crippen LogP contribution in [-0.2, 0) is 20.7 Å². The molecule has 8 nitrogen and oxygen atoms in total. The van der Waals surface area contributed by atoms with Crippen molar-refractivity contribution >= 4 is 17.6 Å². The highest BCUT2D eigenvalue weighted by atomic mass is 16.5. The largest absolute Gasteiger partial charge is 0.497 e. The molecule has 1 amide bonds. The van der Waals surface area contributed by atoms with E-state index in [1.807, 2.05) is 17.0 Å². The van der Waals surface area contributed by atoms with Gasteiger partial charge in [0.1, 0.15) is 5.75 Å². The zero-order chi connectivity index (χ0) is 23.1. The van der Waals surface area contributed by atoms with Crippen molar-refractivity contribution in [2.75, 3.05) is 46.3 Å². The van der Waals surface area contributed by atoms with Crippen LogP contribution >= 0.6 is 0 Å². The molecule has 1 heterocycles. The zero-order valence-electron chi connectivity index (χ0n) is 19.0. The Morgan fingerprint density at radius 3 is 2.34 bits per heavy atom. The number of fused-ring (bicyclic) bond motifs is 1. The van der Waals surface area contributed by atoms with Gasteiger partial charge in [-0.2, -0.15) is 0 Å². The molecule has 0 saturated carbocycles. The van der Waals surface area contributed by atoms with Gasteiger partial charge in [-0.15, -0.1) is 0 Å². The first kappa shape index (κ1) is 23.4. The van der Waals surface area contributed by atoms with E-state index in [-0.39, 0.29) is 30.9 Å². The van der Waals surface area contributed by atoms with E-state index >= 15 is 0 Å². The molecule has 1 aliphatic rings. The Morgan fingerprint density at radius 1 is 1.03 bits per heavy atom. The highest BCUT2D eigenvalue weighted by molar-refractivity contribution is 5.92. The van der Waals surface area contributed by atoms with E-state index in [0.717, 1.165) is 23.3 Å². The third-order valence-corrected chi connectivity index (χ3v) is 5.50. The van der Waals surface area contributed by atoms with Crippen LogP contribution in [0.4, 0.5) is 5.69 Å². The van der Waals surface area contributed by atoms with E-state index in [0.29, 0.717) is 30.3 Å². The predicted molar refractivity (Wildman–Crippen MR) is 120 cm³/mol. The molecule has 0 aliphatic carbocycles. The normalized spacial score (nSPS) is 15.4. The minimum absolute atomic E-state index is 0.143. The van der Waals surface area contributed by atoms with Gasteiger partial charge >= 0.3 is 5.97 Å². The second-order valence-electron chi connectivity index (χ2n) is 7.43. The second-order valence-corrected chi connectivity index (χ2v) is 7.43. The topological polar surface area (TPSA) is 86.3 Å². The van der Waals surface area contributed by atoms with Gasteiger partial charge in [-0.05, 0) is 60.9 Å². The molecule has 0 bridgehead atoms. The number of amides is 1. The molecule has 0 aromatic heterocycles. The molecule has 3 rings (SSSR count).